The number of aromatic nitrogens is 2. The minimum Gasteiger partial charge on any atom is -0.338 e. The molecule has 1 aromatic heterocycles. The van der Waals surface area contributed by atoms with E-state index in [0.717, 1.165) is 31.5 Å². The molecule has 19 heavy (non-hydrogen) atoms. The van der Waals surface area contributed by atoms with E-state index < -0.39 is 0 Å². The molecule has 0 spiro atoms. The highest BCUT2D eigenvalue weighted by Crippen LogP contribution is 2.32. The maximum atomic E-state index is 5.35. The first-order chi connectivity index (χ1) is 9.28. The van der Waals surface area contributed by atoms with Crippen molar-refractivity contribution in [1.82, 2.24) is 10.1 Å². The van der Waals surface area contributed by atoms with Crippen LogP contribution in [0.25, 0.3) is 0 Å². The number of fused-ring (bicyclic) bond motifs is 1. The quantitative estimate of drug-likeness (QED) is 0.796. The lowest BCUT2D eigenvalue weighted by atomic mass is 9.83. The number of nitrogens with zero attached hydrogens (tertiary/aromatic N) is 2. The third-order valence-corrected chi connectivity index (χ3v) is 4.83. The number of halogens is 1. The van der Waals surface area contributed by atoms with Crippen molar-refractivity contribution in [2.24, 2.45) is 0 Å². The molecule has 0 saturated carbocycles. The summed E-state index contributed by atoms with van der Waals surface area (Å²) in [5, 5.41) is 4.17. The average Bonchev–Trinajstić information content (AvgIpc) is 2.95. The van der Waals surface area contributed by atoms with E-state index >= 15 is 0 Å². The molecule has 0 fully saturated rings. The summed E-state index contributed by atoms with van der Waals surface area (Å²) in [7, 11) is 0. The van der Waals surface area contributed by atoms with Gasteiger partial charge in [-0.1, -0.05) is 52.3 Å². The minimum atomic E-state index is 0.171. The highest BCUT2D eigenvalue weighted by Gasteiger charge is 2.25. The van der Waals surface area contributed by atoms with E-state index in [1.54, 1.807) is 0 Å². The van der Waals surface area contributed by atoms with Crippen LogP contribution in [-0.2, 0) is 12.8 Å². The van der Waals surface area contributed by atoms with E-state index in [0.29, 0.717) is 11.8 Å². The van der Waals surface area contributed by atoms with Crippen molar-refractivity contribution in [2.75, 3.05) is 0 Å². The van der Waals surface area contributed by atoms with Gasteiger partial charge in [0, 0.05) is 5.92 Å². The molecule has 4 heteroatoms. The van der Waals surface area contributed by atoms with Crippen LogP contribution < -0.4 is 0 Å². The zero-order chi connectivity index (χ0) is 13.2. The lowest BCUT2D eigenvalue weighted by molar-refractivity contribution is 0.365. The number of hydrogen-bond donors (Lipinski definition) is 0. The summed E-state index contributed by atoms with van der Waals surface area (Å²) in [5.41, 5.74) is 2.89. The SMILES string of the molecule is CCC(Br)c1nc(C2CCc3ccccc3C2)no1. The lowest BCUT2D eigenvalue weighted by Crippen LogP contribution is -2.13. The topological polar surface area (TPSA) is 38.9 Å². The van der Waals surface area contributed by atoms with Gasteiger partial charge in [-0.2, -0.15) is 4.98 Å². The Balaban J connectivity index is 1.79. The lowest BCUT2D eigenvalue weighted by Gasteiger charge is -2.21. The zero-order valence-electron chi connectivity index (χ0n) is 11.0. The molecule has 2 unspecified atom stereocenters. The molecule has 3 nitrogen and oxygen atoms in total. The summed E-state index contributed by atoms with van der Waals surface area (Å²) in [6.07, 6.45) is 4.19. The Labute approximate surface area is 121 Å². The average molecular weight is 321 g/mol. The summed E-state index contributed by atoms with van der Waals surface area (Å²) < 4.78 is 5.35. The van der Waals surface area contributed by atoms with Gasteiger partial charge in [0.1, 0.15) is 0 Å². The monoisotopic (exact) mass is 320 g/mol. The Hall–Kier alpha value is -1.16. The predicted molar refractivity (Wildman–Crippen MR) is 77.5 cm³/mol. The third kappa shape index (κ3) is 2.59. The number of aryl methyl sites for hydroxylation is 1. The van der Waals surface area contributed by atoms with Gasteiger partial charge in [-0.15, -0.1) is 0 Å². The predicted octanol–water partition coefficient (Wildman–Crippen LogP) is 4.19. The fourth-order valence-electron chi connectivity index (χ4n) is 2.63. The van der Waals surface area contributed by atoms with Gasteiger partial charge in [0.2, 0.25) is 5.89 Å². The molecular weight excluding hydrogens is 304 g/mol. The largest absolute Gasteiger partial charge is 0.338 e. The Morgan fingerprint density at radius 3 is 2.95 bits per heavy atom. The summed E-state index contributed by atoms with van der Waals surface area (Å²) in [6, 6.07) is 8.65. The molecule has 2 atom stereocenters. The molecule has 100 valence electrons. The Bertz CT molecular complexity index is 567. The summed E-state index contributed by atoms with van der Waals surface area (Å²) in [6.45, 7) is 2.10. The zero-order valence-corrected chi connectivity index (χ0v) is 12.6. The highest BCUT2D eigenvalue weighted by atomic mass is 79.9. The Morgan fingerprint density at radius 1 is 1.37 bits per heavy atom. The van der Waals surface area contributed by atoms with Gasteiger partial charge in [0.05, 0.1) is 4.83 Å². The molecule has 2 aromatic rings. The van der Waals surface area contributed by atoms with Crippen molar-refractivity contribution in [3.05, 3.63) is 47.1 Å². The van der Waals surface area contributed by atoms with Gasteiger partial charge in [-0.25, -0.2) is 0 Å². The van der Waals surface area contributed by atoms with E-state index in [1.807, 2.05) is 0 Å². The Kier molecular flexibility index (Phi) is 3.69. The first-order valence-corrected chi connectivity index (χ1v) is 7.74. The van der Waals surface area contributed by atoms with Crippen LogP contribution in [-0.4, -0.2) is 10.1 Å². The highest BCUT2D eigenvalue weighted by molar-refractivity contribution is 9.09. The van der Waals surface area contributed by atoms with Gasteiger partial charge in [-0.05, 0) is 36.8 Å². The van der Waals surface area contributed by atoms with Crippen molar-refractivity contribution >= 4 is 15.9 Å². The maximum absolute atomic E-state index is 5.35. The smallest absolute Gasteiger partial charge is 0.240 e. The van der Waals surface area contributed by atoms with E-state index in [9.17, 15) is 0 Å². The molecule has 3 rings (SSSR count). The van der Waals surface area contributed by atoms with E-state index in [4.69, 9.17) is 4.52 Å². The summed E-state index contributed by atoms with van der Waals surface area (Å²) in [4.78, 5) is 4.72. The molecule has 0 bridgehead atoms. The maximum Gasteiger partial charge on any atom is 0.240 e. The molecule has 0 saturated heterocycles. The van der Waals surface area contributed by atoms with Crippen LogP contribution in [0.3, 0.4) is 0 Å². The van der Waals surface area contributed by atoms with Crippen molar-refractivity contribution in [1.29, 1.82) is 0 Å². The molecule has 0 aliphatic heterocycles. The van der Waals surface area contributed by atoms with Crippen molar-refractivity contribution in [3.63, 3.8) is 0 Å². The third-order valence-electron chi connectivity index (χ3n) is 3.80. The van der Waals surface area contributed by atoms with Gasteiger partial charge >= 0.3 is 0 Å². The van der Waals surface area contributed by atoms with Crippen LogP contribution in [0.15, 0.2) is 28.8 Å². The second kappa shape index (κ2) is 5.45. The van der Waals surface area contributed by atoms with E-state index in [2.05, 4.69) is 57.3 Å². The molecule has 1 aliphatic rings. The van der Waals surface area contributed by atoms with E-state index in [1.165, 1.54) is 11.1 Å². The second-order valence-corrected chi connectivity index (χ2v) is 6.18. The fourth-order valence-corrected chi connectivity index (χ4v) is 2.82. The number of hydrogen-bond acceptors (Lipinski definition) is 3. The van der Waals surface area contributed by atoms with Crippen molar-refractivity contribution < 1.29 is 4.52 Å². The fraction of sp³-hybridized carbons (Fsp3) is 0.467. The first-order valence-electron chi connectivity index (χ1n) is 6.82. The Morgan fingerprint density at radius 2 is 2.16 bits per heavy atom. The van der Waals surface area contributed by atoms with Crippen LogP contribution >= 0.6 is 15.9 Å². The van der Waals surface area contributed by atoms with Gasteiger partial charge in [0.15, 0.2) is 5.82 Å². The van der Waals surface area contributed by atoms with Gasteiger partial charge < -0.3 is 4.52 Å². The molecular formula is C15H17BrN2O. The number of benzene rings is 1. The molecule has 0 N–H and O–H groups in total. The van der Waals surface area contributed by atoms with Crippen LogP contribution in [0, 0.1) is 0 Å². The molecule has 1 heterocycles. The van der Waals surface area contributed by atoms with E-state index in [-0.39, 0.29) is 4.83 Å². The number of alkyl halides is 1. The van der Waals surface area contributed by atoms with Crippen LogP contribution in [0.2, 0.25) is 0 Å². The van der Waals surface area contributed by atoms with Crippen LogP contribution in [0.4, 0.5) is 0 Å². The summed E-state index contributed by atoms with van der Waals surface area (Å²) >= 11 is 3.55. The van der Waals surface area contributed by atoms with Crippen molar-refractivity contribution in [3.8, 4) is 0 Å². The van der Waals surface area contributed by atoms with Crippen LogP contribution in [0.5, 0.6) is 0 Å². The first kappa shape index (κ1) is 12.9. The van der Waals surface area contributed by atoms with Crippen LogP contribution in [0.1, 0.15) is 53.4 Å². The number of rotatable bonds is 3. The van der Waals surface area contributed by atoms with Gasteiger partial charge in [0.25, 0.3) is 0 Å². The van der Waals surface area contributed by atoms with Gasteiger partial charge in [-0.3, -0.25) is 0 Å². The molecule has 0 radical (unpaired) electrons. The second-order valence-electron chi connectivity index (χ2n) is 5.08. The standard InChI is InChI=1S/C15H17BrN2O/c1-2-13(16)15-17-14(18-19-15)12-8-7-10-5-3-4-6-11(10)9-12/h3-6,12-13H,2,7-9H2,1H3. The molecule has 0 amide bonds. The minimum absolute atomic E-state index is 0.171. The summed E-state index contributed by atoms with van der Waals surface area (Å²) in [5.74, 6) is 1.96. The normalized spacial score (nSPS) is 20.0. The molecule has 1 aliphatic carbocycles. The molecule has 1 aromatic carbocycles. The van der Waals surface area contributed by atoms with Crippen molar-refractivity contribution in [2.45, 2.75) is 43.4 Å².